The van der Waals surface area contributed by atoms with Crippen LogP contribution in [0.4, 0.5) is 0 Å². The van der Waals surface area contributed by atoms with Crippen LogP contribution in [0.5, 0.6) is 0 Å². The number of rotatable bonds is 1. The fourth-order valence-corrected chi connectivity index (χ4v) is 2.91. The second kappa shape index (κ2) is 4.12. The molecule has 18 heavy (non-hydrogen) atoms. The number of hydrogen-bond donors (Lipinski definition) is 1. The van der Waals surface area contributed by atoms with E-state index in [4.69, 9.17) is 0 Å². The number of nitrogens with one attached hydrogen (secondary N) is 1. The normalized spacial score (nSPS) is 26.7. The first kappa shape index (κ1) is 11.3. The molecule has 4 heteroatoms. The molecule has 2 aliphatic heterocycles. The van der Waals surface area contributed by atoms with Crippen LogP contribution in [-0.2, 0) is 4.79 Å². The van der Waals surface area contributed by atoms with Crippen molar-refractivity contribution in [1.82, 2.24) is 10.2 Å². The van der Waals surface area contributed by atoms with Crippen LogP contribution in [-0.4, -0.2) is 36.3 Å². The minimum atomic E-state index is -0.0124. The maximum absolute atomic E-state index is 12.3. The minimum absolute atomic E-state index is 0.0124. The molecule has 0 saturated carbocycles. The molecule has 2 heterocycles. The van der Waals surface area contributed by atoms with Crippen molar-refractivity contribution < 1.29 is 9.59 Å². The molecule has 2 amide bonds. The number of benzene rings is 1. The van der Waals surface area contributed by atoms with Gasteiger partial charge < -0.3 is 10.2 Å². The maximum Gasteiger partial charge on any atom is 0.253 e. The van der Waals surface area contributed by atoms with Crippen LogP contribution in [0.2, 0.25) is 0 Å². The quantitative estimate of drug-likeness (QED) is 0.802. The van der Waals surface area contributed by atoms with Gasteiger partial charge in [0.25, 0.3) is 5.91 Å². The highest BCUT2D eigenvalue weighted by Gasteiger charge is 2.45. The van der Waals surface area contributed by atoms with E-state index >= 15 is 0 Å². The Labute approximate surface area is 106 Å². The first-order valence-electron chi connectivity index (χ1n) is 6.30. The van der Waals surface area contributed by atoms with Gasteiger partial charge >= 0.3 is 0 Å². The Morgan fingerprint density at radius 3 is 2.72 bits per heavy atom. The third kappa shape index (κ3) is 1.88. The lowest BCUT2D eigenvalue weighted by Gasteiger charge is -2.21. The van der Waals surface area contributed by atoms with E-state index in [1.807, 2.05) is 35.2 Å². The Morgan fingerprint density at radius 1 is 1.28 bits per heavy atom. The van der Waals surface area contributed by atoms with E-state index in [2.05, 4.69) is 5.32 Å². The van der Waals surface area contributed by atoms with Crippen molar-refractivity contribution in [3.63, 3.8) is 0 Å². The van der Waals surface area contributed by atoms with E-state index in [9.17, 15) is 9.59 Å². The molecule has 1 aromatic rings. The molecule has 4 nitrogen and oxygen atoms in total. The zero-order chi connectivity index (χ0) is 12.6. The van der Waals surface area contributed by atoms with Crippen LogP contribution >= 0.6 is 0 Å². The predicted octanol–water partition coefficient (Wildman–Crippen LogP) is 1.04. The molecule has 2 saturated heterocycles. The van der Waals surface area contributed by atoms with Crippen LogP contribution in [0.1, 0.15) is 23.2 Å². The van der Waals surface area contributed by atoms with Gasteiger partial charge in [0, 0.05) is 37.0 Å². The lowest BCUT2D eigenvalue weighted by molar-refractivity contribution is -0.119. The molecular formula is C14H16N2O2. The van der Waals surface area contributed by atoms with Crippen LogP contribution in [0.3, 0.4) is 0 Å². The van der Waals surface area contributed by atoms with Crippen LogP contribution in [0.25, 0.3) is 0 Å². The van der Waals surface area contributed by atoms with Crippen LogP contribution in [0, 0.1) is 5.41 Å². The van der Waals surface area contributed by atoms with Gasteiger partial charge in [0.05, 0.1) is 0 Å². The van der Waals surface area contributed by atoms with Crippen molar-refractivity contribution in [3.05, 3.63) is 35.9 Å². The van der Waals surface area contributed by atoms with Gasteiger partial charge in [0.2, 0.25) is 5.91 Å². The van der Waals surface area contributed by atoms with Gasteiger partial charge in [-0.15, -0.1) is 0 Å². The minimum Gasteiger partial charge on any atom is -0.355 e. The first-order chi connectivity index (χ1) is 8.69. The standard InChI is InChI=1S/C14H16N2O2/c17-12-8-14(9-15-12)6-7-16(10-14)13(18)11-4-2-1-3-5-11/h1-5H,6-10H2,(H,15,17). The molecule has 3 rings (SSSR count). The predicted molar refractivity (Wildman–Crippen MR) is 67.0 cm³/mol. The molecule has 1 N–H and O–H groups in total. The zero-order valence-corrected chi connectivity index (χ0v) is 10.2. The second-order valence-electron chi connectivity index (χ2n) is 5.30. The number of carbonyl (C=O) groups excluding carboxylic acids is 2. The molecule has 0 bridgehead atoms. The number of amides is 2. The zero-order valence-electron chi connectivity index (χ0n) is 10.2. The molecule has 1 unspecified atom stereocenters. The van der Waals surface area contributed by atoms with Gasteiger partial charge in [-0.25, -0.2) is 0 Å². The summed E-state index contributed by atoms with van der Waals surface area (Å²) in [4.78, 5) is 25.5. The maximum atomic E-state index is 12.3. The molecule has 0 aliphatic carbocycles. The smallest absolute Gasteiger partial charge is 0.253 e. The second-order valence-corrected chi connectivity index (χ2v) is 5.30. The van der Waals surface area contributed by atoms with Crippen molar-refractivity contribution in [1.29, 1.82) is 0 Å². The Morgan fingerprint density at radius 2 is 2.06 bits per heavy atom. The summed E-state index contributed by atoms with van der Waals surface area (Å²) in [6, 6.07) is 9.33. The summed E-state index contributed by atoms with van der Waals surface area (Å²) in [6.45, 7) is 2.16. The van der Waals surface area contributed by atoms with Crippen molar-refractivity contribution in [3.8, 4) is 0 Å². The summed E-state index contributed by atoms with van der Waals surface area (Å²) >= 11 is 0. The van der Waals surface area contributed by atoms with Crippen molar-refractivity contribution in [2.45, 2.75) is 12.8 Å². The highest BCUT2D eigenvalue weighted by atomic mass is 16.2. The third-order valence-corrected chi connectivity index (χ3v) is 3.94. The van der Waals surface area contributed by atoms with Gasteiger partial charge in [0.15, 0.2) is 0 Å². The SMILES string of the molecule is O=C1CC2(CCN(C(=O)c3ccccc3)C2)CN1. The molecule has 1 aromatic carbocycles. The summed E-state index contributed by atoms with van der Waals surface area (Å²) in [6.07, 6.45) is 1.48. The van der Waals surface area contributed by atoms with E-state index in [0.717, 1.165) is 18.5 Å². The summed E-state index contributed by atoms with van der Waals surface area (Å²) < 4.78 is 0. The molecule has 94 valence electrons. The largest absolute Gasteiger partial charge is 0.355 e. The summed E-state index contributed by atoms with van der Waals surface area (Å²) in [7, 11) is 0. The van der Waals surface area contributed by atoms with Gasteiger partial charge in [-0.1, -0.05) is 18.2 Å². The number of likely N-dealkylation sites (tertiary alicyclic amines) is 1. The third-order valence-electron chi connectivity index (χ3n) is 3.94. The van der Waals surface area contributed by atoms with Crippen LogP contribution in [0.15, 0.2) is 30.3 Å². The average Bonchev–Trinajstić information content (AvgIpc) is 2.97. The van der Waals surface area contributed by atoms with Crippen LogP contribution < -0.4 is 5.32 Å². The molecular weight excluding hydrogens is 228 g/mol. The van der Waals surface area contributed by atoms with Crippen molar-refractivity contribution >= 4 is 11.8 Å². The number of hydrogen-bond acceptors (Lipinski definition) is 2. The lowest BCUT2D eigenvalue weighted by Crippen LogP contribution is -2.33. The lowest BCUT2D eigenvalue weighted by atomic mass is 9.86. The van der Waals surface area contributed by atoms with Gasteiger partial charge in [0.1, 0.15) is 0 Å². The number of carbonyl (C=O) groups is 2. The molecule has 2 aliphatic rings. The fourth-order valence-electron chi connectivity index (χ4n) is 2.91. The summed E-state index contributed by atoms with van der Waals surface area (Å²) in [5.74, 6) is 0.191. The molecule has 0 radical (unpaired) electrons. The fraction of sp³-hybridized carbons (Fsp3) is 0.429. The highest BCUT2D eigenvalue weighted by molar-refractivity contribution is 5.94. The van der Waals surface area contributed by atoms with Gasteiger partial charge in [-0.3, -0.25) is 9.59 Å². The average molecular weight is 244 g/mol. The molecule has 2 fully saturated rings. The van der Waals surface area contributed by atoms with E-state index in [-0.39, 0.29) is 17.2 Å². The van der Waals surface area contributed by atoms with E-state index in [1.165, 1.54) is 0 Å². The van der Waals surface area contributed by atoms with Gasteiger partial charge in [-0.2, -0.15) is 0 Å². The highest BCUT2D eigenvalue weighted by Crippen LogP contribution is 2.36. The van der Waals surface area contributed by atoms with E-state index < -0.39 is 0 Å². The molecule has 0 aromatic heterocycles. The Balaban J connectivity index is 1.73. The summed E-state index contributed by atoms with van der Waals surface area (Å²) in [5.41, 5.74) is 0.716. The molecule has 1 spiro atoms. The van der Waals surface area contributed by atoms with Crippen molar-refractivity contribution in [2.24, 2.45) is 5.41 Å². The van der Waals surface area contributed by atoms with Crippen molar-refractivity contribution in [2.75, 3.05) is 19.6 Å². The van der Waals surface area contributed by atoms with Gasteiger partial charge in [-0.05, 0) is 18.6 Å². The van der Waals surface area contributed by atoms with E-state index in [0.29, 0.717) is 19.5 Å². The molecule has 1 atom stereocenters. The first-order valence-corrected chi connectivity index (χ1v) is 6.30. The Kier molecular flexibility index (Phi) is 2.58. The number of nitrogens with zero attached hydrogens (tertiary/aromatic N) is 1. The monoisotopic (exact) mass is 244 g/mol. The summed E-state index contributed by atoms with van der Waals surface area (Å²) in [5, 5.41) is 2.87. The topological polar surface area (TPSA) is 49.4 Å². The Hall–Kier alpha value is -1.84. The van der Waals surface area contributed by atoms with E-state index in [1.54, 1.807) is 0 Å². The Bertz CT molecular complexity index is 486.